The van der Waals surface area contributed by atoms with Crippen LogP contribution in [0.5, 0.6) is 0 Å². The van der Waals surface area contributed by atoms with Crippen LogP contribution in [0.3, 0.4) is 0 Å². The summed E-state index contributed by atoms with van der Waals surface area (Å²) >= 11 is 6.18. The number of rotatable bonds is 2. The number of halogens is 1. The fraction of sp³-hybridized carbons (Fsp3) is 0.462. The minimum atomic E-state index is -0.833. The molecule has 16 heavy (non-hydrogen) atoms. The highest BCUT2D eigenvalue weighted by Crippen LogP contribution is 2.23. The zero-order valence-electron chi connectivity index (χ0n) is 10.3. The SMILES string of the molecule is CC(=O)O.CCc1cc(C)cc(CC)c1Cl. The second-order valence-corrected chi connectivity index (χ2v) is 4.00. The Hall–Kier alpha value is -1.02. The van der Waals surface area contributed by atoms with Gasteiger partial charge < -0.3 is 5.11 Å². The Balaban J connectivity index is 0.000000487. The van der Waals surface area contributed by atoms with Gasteiger partial charge in [-0.05, 0) is 30.9 Å². The van der Waals surface area contributed by atoms with E-state index in [9.17, 15) is 0 Å². The van der Waals surface area contributed by atoms with Crippen LogP contribution in [-0.2, 0) is 17.6 Å². The molecule has 1 aromatic rings. The van der Waals surface area contributed by atoms with Crippen molar-refractivity contribution in [1.29, 1.82) is 0 Å². The molecule has 0 fully saturated rings. The van der Waals surface area contributed by atoms with Gasteiger partial charge in [0.15, 0.2) is 0 Å². The fourth-order valence-electron chi connectivity index (χ4n) is 1.44. The van der Waals surface area contributed by atoms with Crippen LogP contribution in [0.25, 0.3) is 0 Å². The maximum absolute atomic E-state index is 9.00. The molecule has 1 aromatic carbocycles. The van der Waals surface area contributed by atoms with E-state index in [1.165, 1.54) is 16.7 Å². The van der Waals surface area contributed by atoms with Crippen LogP contribution in [-0.4, -0.2) is 11.1 Å². The summed E-state index contributed by atoms with van der Waals surface area (Å²) in [5, 5.41) is 8.38. The third-order valence-electron chi connectivity index (χ3n) is 2.13. The normalized spacial score (nSPS) is 9.31. The monoisotopic (exact) mass is 242 g/mol. The second-order valence-electron chi connectivity index (χ2n) is 3.62. The van der Waals surface area contributed by atoms with Gasteiger partial charge in [-0.3, -0.25) is 4.79 Å². The van der Waals surface area contributed by atoms with Crippen LogP contribution in [0.4, 0.5) is 0 Å². The molecule has 1 N–H and O–H groups in total. The molecule has 0 aliphatic heterocycles. The van der Waals surface area contributed by atoms with Gasteiger partial charge in [0.25, 0.3) is 5.97 Å². The third-order valence-corrected chi connectivity index (χ3v) is 2.61. The Morgan fingerprint density at radius 2 is 1.56 bits per heavy atom. The Labute approximate surface area is 102 Å². The van der Waals surface area contributed by atoms with Crippen LogP contribution in [0.2, 0.25) is 5.02 Å². The smallest absolute Gasteiger partial charge is 0.300 e. The summed E-state index contributed by atoms with van der Waals surface area (Å²) in [6.45, 7) is 7.48. The van der Waals surface area contributed by atoms with Crippen molar-refractivity contribution < 1.29 is 9.90 Å². The molecule has 0 atom stereocenters. The number of hydrogen-bond acceptors (Lipinski definition) is 1. The summed E-state index contributed by atoms with van der Waals surface area (Å²) in [5.41, 5.74) is 3.86. The van der Waals surface area contributed by atoms with E-state index in [0.717, 1.165) is 24.8 Å². The second kappa shape index (κ2) is 7.29. The number of aliphatic carboxylic acids is 1. The molecule has 0 radical (unpaired) electrons. The summed E-state index contributed by atoms with van der Waals surface area (Å²) < 4.78 is 0. The van der Waals surface area contributed by atoms with Crippen molar-refractivity contribution in [2.45, 2.75) is 40.5 Å². The lowest BCUT2D eigenvalue weighted by Gasteiger charge is -2.07. The van der Waals surface area contributed by atoms with Gasteiger partial charge in [0.05, 0.1) is 0 Å². The minimum Gasteiger partial charge on any atom is -0.481 e. The highest BCUT2D eigenvalue weighted by Gasteiger charge is 2.03. The molecule has 0 unspecified atom stereocenters. The lowest BCUT2D eigenvalue weighted by atomic mass is 10.0. The molecule has 0 aliphatic carbocycles. The number of hydrogen-bond donors (Lipinski definition) is 1. The van der Waals surface area contributed by atoms with Crippen LogP contribution in [0.15, 0.2) is 12.1 Å². The van der Waals surface area contributed by atoms with Gasteiger partial charge in [0.1, 0.15) is 0 Å². The predicted octanol–water partition coefficient (Wildman–Crippen LogP) is 3.86. The lowest BCUT2D eigenvalue weighted by Crippen LogP contribution is -1.91. The van der Waals surface area contributed by atoms with E-state index >= 15 is 0 Å². The summed E-state index contributed by atoms with van der Waals surface area (Å²) in [6.07, 6.45) is 2.04. The quantitative estimate of drug-likeness (QED) is 0.855. The molecule has 0 heterocycles. The first-order chi connectivity index (χ1) is 7.42. The zero-order valence-corrected chi connectivity index (χ0v) is 11.1. The van der Waals surface area contributed by atoms with E-state index in [1.807, 2.05) is 0 Å². The number of aryl methyl sites for hydroxylation is 3. The molecule has 2 nitrogen and oxygen atoms in total. The standard InChI is InChI=1S/C11H15Cl.C2H4O2/c1-4-9-6-8(3)7-10(5-2)11(9)12;1-2(3)4/h6-7H,4-5H2,1-3H3;1H3,(H,3,4). The average molecular weight is 243 g/mol. The molecule has 0 bridgehead atoms. The molecule has 1 rings (SSSR count). The summed E-state index contributed by atoms with van der Waals surface area (Å²) in [7, 11) is 0. The van der Waals surface area contributed by atoms with Gasteiger partial charge in [0.2, 0.25) is 0 Å². The van der Waals surface area contributed by atoms with Gasteiger partial charge in [0, 0.05) is 11.9 Å². The molecule has 0 amide bonds. The van der Waals surface area contributed by atoms with E-state index < -0.39 is 5.97 Å². The molecule has 90 valence electrons. The Morgan fingerprint density at radius 1 is 1.25 bits per heavy atom. The van der Waals surface area contributed by atoms with Gasteiger partial charge in [-0.15, -0.1) is 0 Å². The molecule has 0 aromatic heterocycles. The number of carbonyl (C=O) groups is 1. The van der Waals surface area contributed by atoms with E-state index in [1.54, 1.807) is 0 Å². The van der Waals surface area contributed by atoms with E-state index in [4.69, 9.17) is 21.5 Å². The van der Waals surface area contributed by atoms with Gasteiger partial charge in [-0.25, -0.2) is 0 Å². The maximum atomic E-state index is 9.00. The van der Waals surface area contributed by atoms with E-state index in [0.29, 0.717) is 0 Å². The average Bonchev–Trinajstić information content (AvgIpc) is 2.20. The first-order valence-corrected chi connectivity index (χ1v) is 5.77. The first kappa shape index (κ1) is 15.0. The van der Waals surface area contributed by atoms with E-state index in [2.05, 4.69) is 32.9 Å². The number of benzene rings is 1. The fourth-order valence-corrected chi connectivity index (χ4v) is 1.82. The highest BCUT2D eigenvalue weighted by atomic mass is 35.5. The van der Waals surface area contributed by atoms with Gasteiger partial charge in [-0.2, -0.15) is 0 Å². The van der Waals surface area contributed by atoms with Crippen molar-refractivity contribution in [1.82, 2.24) is 0 Å². The van der Waals surface area contributed by atoms with Crippen molar-refractivity contribution in [3.8, 4) is 0 Å². The van der Waals surface area contributed by atoms with Gasteiger partial charge in [-0.1, -0.05) is 43.1 Å². The van der Waals surface area contributed by atoms with Gasteiger partial charge >= 0.3 is 0 Å². The largest absolute Gasteiger partial charge is 0.481 e. The maximum Gasteiger partial charge on any atom is 0.300 e. The van der Waals surface area contributed by atoms with Crippen LogP contribution < -0.4 is 0 Å². The molecule has 0 spiro atoms. The topological polar surface area (TPSA) is 37.3 Å². The number of carboxylic acids is 1. The molecule has 3 heteroatoms. The van der Waals surface area contributed by atoms with Crippen molar-refractivity contribution in [2.24, 2.45) is 0 Å². The van der Waals surface area contributed by atoms with E-state index in [-0.39, 0.29) is 0 Å². The van der Waals surface area contributed by atoms with Crippen LogP contribution in [0, 0.1) is 6.92 Å². The molecule has 0 saturated carbocycles. The summed E-state index contributed by atoms with van der Waals surface area (Å²) in [5.74, 6) is -0.833. The summed E-state index contributed by atoms with van der Waals surface area (Å²) in [4.78, 5) is 9.00. The Kier molecular flexibility index (Phi) is 6.82. The first-order valence-electron chi connectivity index (χ1n) is 5.39. The molecular weight excluding hydrogens is 224 g/mol. The predicted molar refractivity (Wildman–Crippen MR) is 68.3 cm³/mol. The molecule has 0 saturated heterocycles. The van der Waals surface area contributed by atoms with Crippen molar-refractivity contribution in [3.63, 3.8) is 0 Å². The zero-order chi connectivity index (χ0) is 12.7. The molecular formula is C13H19ClO2. The van der Waals surface area contributed by atoms with Crippen LogP contribution in [0.1, 0.15) is 37.5 Å². The third kappa shape index (κ3) is 5.17. The van der Waals surface area contributed by atoms with Crippen molar-refractivity contribution >= 4 is 17.6 Å². The number of carboxylic acid groups (broad SMARTS) is 1. The van der Waals surface area contributed by atoms with Crippen molar-refractivity contribution in [2.75, 3.05) is 0 Å². The van der Waals surface area contributed by atoms with Crippen molar-refractivity contribution in [3.05, 3.63) is 33.8 Å². The summed E-state index contributed by atoms with van der Waals surface area (Å²) in [6, 6.07) is 4.34. The minimum absolute atomic E-state index is 0.833. The highest BCUT2D eigenvalue weighted by molar-refractivity contribution is 6.32. The van der Waals surface area contributed by atoms with Crippen LogP contribution >= 0.6 is 11.6 Å². The Morgan fingerprint density at radius 3 is 1.81 bits per heavy atom. The molecule has 0 aliphatic rings. The lowest BCUT2D eigenvalue weighted by molar-refractivity contribution is -0.134. The Bertz CT molecular complexity index is 330.